The quantitative estimate of drug-likeness (QED) is 0.0204. The average Bonchev–Trinajstić information content (AvgIpc) is 3.60. The first-order chi connectivity index (χ1) is 41.6. The van der Waals surface area contributed by atoms with Gasteiger partial charge in [0.15, 0.2) is 12.6 Å². The molecular formula is C71H115NO13. The highest BCUT2D eigenvalue weighted by Crippen LogP contribution is 2.30. The molecule has 2 fully saturated rings. The molecule has 0 aliphatic carbocycles. The van der Waals surface area contributed by atoms with Gasteiger partial charge in [-0.05, 0) is 109 Å². The van der Waals surface area contributed by atoms with E-state index in [0.717, 1.165) is 109 Å². The summed E-state index contributed by atoms with van der Waals surface area (Å²) in [6.07, 6.45) is 64.8. The zero-order valence-electron chi connectivity index (χ0n) is 52.0. The fourth-order valence-corrected chi connectivity index (χ4v) is 9.57. The summed E-state index contributed by atoms with van der Waals surface area (Å²) in [5.41, 5.74) is 0. The molecule has 2 rings (SSSR count). The minimum Gasteiger partial charge on any atom is -0.394 e. The Kier molecular flexibility index (Phi) is 48.9. The summed E-state index contributed by atoms with van der Waals surface area (Å²) in [5, 5.41) is 87.0. The van der Waals surface area contributed by atoms with Gasteiger partial charge in [0.1, 0.15) is 48.8 Å². The molecule has 0 radical (unpaired) electrons. The maximum Gasteiger partial charge on any atom is 0.220 e. The Morgan fingerprint density at radius 3 is 1.29 bits per heavy atom. The molecule has 14 heteroatoms. The van der Waals surface area contributed by atoms with E-state index in [1.165, 1.54) is 57.8 Å². The fraction of sp³-hybridized carbons (Fsp3) is 0.648. The summed E-state index contributed by atoms with van der Waals surface area (Å²) in [7, 11) is 0. The predicted molar refractivity (Wildman–Crippen MR) is 345 cm³/mol. The van der Waals surface area contributed by atoms with E-state index in [0.29, 0.717) is 12.8 Å². The van der Waals surface area contributed by atoms with Gasteiger partial charge in [-0.3, -0.25) is 4.79 Å². The van der Waals surface area contributed by atoms with Crippen LogP contribution in [0.15, 0.2) is 146 Å². The summed E-state index contributed by atoms with van der Waals surface area (Å²) in [5.74, 6) is -0.266. The number of amides is 1. The molecule has 482 valence electrons. The van der Waals surface area contributed by atoms with Gasteiger partial charge in [-0.15, -0.1) is 0 Å². The molecule has 2 aliphatic heterocycles. The summed E-state index contributed by atoms with van der Waals surface area (Å²) in [6, 6.07) is -0.945. The third-order valence-electron chi connectivity index (χ3n) is 14.8. The topological polar surface area (TPSA) is 228 Å². The molecule has 0 aromatic rings. The lowest BCUT2D eigenvalue weighted by atomic mass is 9.97. The van der Waals surface area contributed by atoms with Crippen LogP contribution in [0.4, 0.5) is 0 Å². The van der Waals surface area contributed by atoms with E-state index < -0.39 is 86.8 Å². The second-order valence-corrected chi connectivity index (χ2v) is 22.1. The Morgan fingerprint density at radius 1 is 0.435 bits per heavy atom. The number of rotatable bonds is 50. The van der Waals surface area contributed by atoms with Crippen molar-refractivity contribution >= 4 is 5.91 Å². The van der Waals surface area contributed by atoms with Crippen LogP contribution >= 0.6 is 0 Å². The van der Waals surface area contributed by atoms with Crippen molar-refractivity contribution in [1.82, 2.24) is 5.32 Å². The molecule has 9 N–H and O–H groups in total. The maximum absolute atomic E-state index is 13.3. The Bertz CT molecular complexity index is 1980. The number of carbonyl (C=O) groups excluding carboxylic acids is 1. The van der Waals surface area contributed by atoms with Gasteiger partial charge in [-0.2, -0.15) is 0 Å². The monoisotopic (exact) mass is 1190 g/mol. The first-order valence-corrected chi connectivity index (χ1v) is 32.6. The van der Waals surface area contributed by atoms with Crippen molar-refractivity contribution in [3.8, 4) is 0 Å². The van der Waals surface area contributed by atoms with E-state index >= 15 is 0 Å². The maximum atomic E-state index is 13.3. The van der Waals surface area contributed by atoms with Crippen LogP contribution in [-0.4, -0.2) is 140 Å². The smallest absolute Gasteiger partial charge is 0.220 e. The third kappa shape index (κ3) is 38.7. The summed E-state index contributed by atoms with van der Waals surface area (Å²) < 4.78 is 22.7. The summed E-state index contributed by atoms with van der Waals surface area (Å²) in [4.78, 5) is 13.3. The molecule has 0 bridgehead atoms. The molecule has 0 saturated carbocycles. The first kappa shape index (κ1) is 77.0. The predicted octanol–water partition coefficient (Wildman–Crippen LogP) is 12.5. The lowest BCUT2D eigenvalue weighted by Gasteiger charge is -2.46. The van der Waals surface area contributed by atoms with Crippen LogP contribution < -0.4 is 5.32 Å². The molecule has 2 heterocycles. The number of unbranched alkanes of at least 4 members (excludes halogenated alkanes) is 15. The number of hydrogen-bond donors (Lipinski definition) is 9. The van der Waals surface area contributed by atoms with Crippen molar-refractivity contribution in [3.63, 3.8) is 0 Å². The highest BCUT2D eigenvalue weighted by molar-refractivity contribution is 5.76. The second kappa shape index (κ2) is 54.1. The van der Waals surface area contributed by atoms with Crippen LogP contribution in [0.5, 0.6) is 0 Å². The average molecular weight is 1190 g/mol. The van der Waals surface area contributed by atoms with Crippen molar-refractivity contribution in [1.29, 1.82) is 0 Å². The van der Waals surface area contributed by atoms with E-state index in [1.807, 2.05) is 6.08 Å². The number of carbonyl (C=O) groups is 1. The molecule has 85 heavy (non-hydrogen) atoms. The van der Waals surface area contributed by atoms with Gasteiger partial charge in [0.25, 0.3) is 0 Å². The van der Waals surface area contributed by atoms with Crippen molar-refractivity contribution in [3.05, 3.63) is 146 Å². The van der Waals surface area contributed by atoms with Crippen LogP contribution in [0, 0.1) is 0 Å². The number of nitrogens with one attached hydrogen (secondary N) is 1. The molecule has 2 saturated heterocycles. The largest absolute Gasteiger partial charge is 0.394 e. The zero-order chi connectivity index (χ0) is 61.6. The molecular weight excluding hydrogens is 1070 g/mol. The van der Waals surface area contributed by atoms with Gasteiger partial charge in [0.2, 0.25) is 5.91 Å². The molecule has 2 aliphatic rings. The molecule has 12 atom stereocenters. The van der Waals surface area contributed by atoms with E-state index in [4.69, 9.17) is 18.9 Å². The van der Waals surface area contributed by atoms with Crippen LogP contribution in [0.1, 0.15) is 200 Å². The number of hydrogen-bond acceptors (Lipinski definition) is 13. The SMILES string of the molecule is CC/C=C\C/C=C\C/C=C\C/C=C\C/C=C\C/C=C\C/C=C\C/C=C\C/C=C\C/C=C\CCCCCCCCCCC(=O)NC(COC1OC(CO)C(OC2OC(CO)C(O)C(O)C2O)C(O)C1O)C(O)/C=C/CC/C=C/CCCCCCCC. The minimum atomic E-state index is -1.80. The number of ether oxygens (including phenoxy) is 4. The molecule has 0 aromatic carbocycles. The number of aliphatic hydroxyl groups excluding tert-OH is 8. The van der Waals surface area contributed by atoms with E-state index in [9.17, 15) is 45.6 Å². The lowest BCUT2D eigenvalue weighted by Crippen LogP contribution is -2.65. The van der Waals surface area contributed by atoms with Crippen LogP contribution in [-0.2, 0) is 23.7 Å². The van der Waals surface area contributed by atoms with Gasteiger partial charge in [-0.25, -0.2) is 0 Å². The van der Waals surface area contributed by atoms with Crippen LogP contribution in [0.2, 0.25) is 0 Å². The Morgan fingerprint density at radius 2 is 0.824 bits per heavy atom. The number of aliphatic hydroxyl groups is 8. The number of allylic oxidation sites excluding steroid dienone is 23. The van der Waals surface area contributed by atoms with E-state index in [-0.39, 0.29) is 18.9 Å². The molecule has 0 aromatic heterocycles. The van der Waals surface area contributed by atoms with Gasteiger partial charge in [-0.1, -0.05) is 230 Å². The van der Waals surface area contributed by atoms with E-state index in [1.54, 1.807) is 6.08 Å². The van der Waals surface area contributed by atoms with Gasteiger partial charge >= 0.3 is 0 Å². The molecule has 14 nitrogen and oxygen atoms in total. The zero-order valence-corrected chi connectivity index (χ0v) is 52.0. The van der Waals surface area contributed by atoms with E-state index in [2.05, 4.69) is 153 Å². The molecule has 1 amide bonds. The Labute approximate surface area is 513 Å². The Balaban J connectivity index is 1.64. The third-order valence-corrected chi connectivity index (χ3v) is 14.8. The van der Waals surface area contributed by atoms with Crippen LogP contribution in [0.25, 0.3) is 0 Å². The highest BCUT2D eigenvalue weighted by Gasteiger charge is 2.51. The standard InChI is InChI=1S/C71H115NO13/c1-3-5-7-9-11-13-15-17-18-19-20-21-22-23-24-25-26-27-28-29-30-31-32-33-34-35-36-37-38-39-40-41-42-43-45-47-49-51-53-55-63(76)72-59(60(75)54-52-50-48-46-44-16-14-12-10-8-6-4-2)58-82-70-68(81)66(79)69(62(57-74)84-70)85-71-67(80)65(78)64(77)61(56-73)83-71/h5,7,11,13,17-18,20-21,23-24,26-27,29-30,32-33,35-36,38-39,44,46,52,54,59-62,64-71,73-75,77-81H,3-4,6,8-10,12,14-16,19,22,25,28,31,34,37,40-43,45,47-51,53,55-58H2,1-2H3,(H,72,76)/b7-5-,13-11-,18-17-,21-20-,24-23-,27-26-,30-29-,33-32-,36-35-,39-38-,46-44+,54-52+. The minimum absolute atomic E-state index is 0.254. The summed E-state index contributed by atoms with van der Waals surface area (Å²) in [6.45, 7) is 2.61. The van der Waals surface area contributed by atoms with Gasteiger partial charge < -0.3 is 65.1 Å². The highest BCUT2D eigenvalue weighted by atomic mass is 16.7. The Hall–Kier alpha value is -4.13. The first-order valence-electron chi connectivity index (χ1n) is 32.6. The second-order valence-electron chi connectivity index (χ2n) is 22.1. The molecule has 0 spiro atoms. The van der Waals surface area contributed by atoms with Gasteiger partial charge in [0.05, 0.1) is 32.0 Å². The van der Waals surface area contributed by atoms with Crippen molar-refractivity contribution in [2.24, 2.45) is 0 Å². The van der Waals surface area contributed by atoms with Crippen molar-refractivity contribution in [2.75, 3.05) is 19.8 Å². The van der Waals surface area contributed by atoms with Crippen LogP contribution in [0.3, 0.4) is 0 Å². The van der Waals surface area contributed by atoms with Crippen molar-refractivity contribution < 1.29 is 64.6 Å². The fourth-order valence-electron chi connectivity index (χ4n) is 9.57. The lowest BCUT2D eigenvalue weighted by molar-refractivity contribution is -0.359. The van der Waals surface area contributed by atoms with Crippen molar-refractivity contribution in [2.45, 2.75) is 274 Å². The van der Waals surface area contributed by atoms with Gasteiger partial charge in [0, 0.05) is 6.42 Å². The molecule has 12 unspecified atom stereocenters. The summed E-state index contributed by atoms with van der Waals surface area (Å²) >= 11 is 0. The normalized spacial score (nSPS) is 24.5.